The van der Waals surface area contributed by atoms with E-state index in [4.69, 9.17) is 4.74 Å². The summed E-state index contributed by atoms with van der Waals surface area (Å²) >= 11 is 1.32. The molecule has 26 heavy (non-hydrogen) atoms. The van der Waals surface area contributed by atoms with Crippen LogP contribution in [0, 0.1) is 0 Å². The van der Waals surface area contributed by atoms with Crippen LogP contribution >= 0.6 is 24.2 Å². The van der Waals surface area contributed by atoms with E-state index < -0.39 is 0 Å². The van der Waals surface area contributed by atoms with Gasteiger partial charge in [0.15, 0.2) is 5.17 Å². The number of rotatable bonds is 5. The molecule has 0 radical (unpaired) electrons. The van der Waals surface area contributed by atoms with Gasteiger partial charge in [0.05, 0.1) is 18.1 Å². The Kier molecular flexibility index (Phi) is 5.58. The topological polar surface area (TPSA) is 71.0 Å². The molecular weight excluding hydrogens is 374 g/mol. The van der Waals surface area contributed by atoms with Crippen LogP contribution in [0.3, 0.4) is 0 Å². The van der Waals surface area contributed by atoms with Crippen LogP contribution in [-0.2, 0) is 9.59 Å². The van der Waals surface area contributed by atoms with Crippen molar-refractivity contribution in [3.63, 3.8) is 0 Å². The van der Waals surface area contributed by atoms with Crippen LogP contribution in [0.15, 0.2) is 40.2 Å². The molecule has 1 saturated heterocycles. The van der Waals surface area contributed by atoms with Gasteiger partial charge in [-0.2, -0.15) is 0 Å². The predicted molar refractivity (Wildman–Crippen MR) is 105 cm³/mol. The highest BCUT2D eigenvalue weighted by Crippen LogP contribution is 2.40. The van der Waals surface area contributed by atoms with Gasteiger partial charge in [0, 0.05) is 17.8 Å². The van der Waals surface area contributed by atoms with Gasteiger partial charge in [0.25, 0.3) is 5.91 Å². The van der Waals surface area contributed by atoms with E-state index in [0.29, 0.717) is 16.6 Å². The Labute approximate surface area is 162 Å². The number of hydrogen-bond donors (Lipinski definition) is 1. The number of thioether (sulfide) groups is 1. The molecule has 8 heteroatoms. The second-order valence-electron chi connectivity index (χ2n) is 6.38. The number of nitrogens with one attached hydrogen (secondary N) is 1. The van der Waals surface area contributed by atoms with Crippen molar-refractivity contribution in [1.82, 2.24) is 4.90 Å². The highest BCUT2D eigenvalue weighted by molar-refractivity contribution is 8.18. The fourth-order valence-electron chi connectivity index (χ4n) is 2.56. The molecule has 0 aromatic heterocycles. The summed E-state index contributed by atoms with van der Waals surface area (Å²) in [5.41, 5.74) is 0.656. The summed E-state index contributed by atoms with van der Waals surface area (Å²) in [7, 11) is 1.59. The number of methoxy groups -OCH3 is 1. The third-order valence-electron chi connectivity index (χ3n) is 4.21. The third-order valence-corrected chi connectivity index (χ3v) is 5.21. The van der Waals surface area contributed by atoms with Gasteiger partial charge in [0.1, 0.15) is 5.75 Å². The second-order valence-corrected chi connectivity index (χ2v) is 7.39. The number of anilines is 1. The number of benzene rings is 1. The van der Waals surface area contributed by atoms with Crippen molar-refractivity contribution in [2.75, 3.05) is 12.4 Å². The van der Waals surface area contributed by atoms with Crippen LogP contribution in [0.4, 0.5) is 5.69 Å². The van der Waals surface area contributed by atoms with Crippen LogP contribution in [0.25, 0.3) is 0 Å². The first-order chi connectivity index (χ1) is 12.1. The number of ether oxygens (including phenoxy) is 1. The van der Waals surface area contributed by atoms with E-state index in [-0.39, 0.29) is 30.3 Å². The first-order valence-electron chi connectivity index (χ1n) is 8.40. The van der Waals surface area contributed by atoms with Crippen LogP contribution in [0.5, 0.6) is 5.75 Å². The van der Waals surface area contributed by atoms with Gasteiger partial charge in [-0.15, -0.1) is 12.4 Å². The molecule has 0 spiro atoms. The molecule has 1 aliphatic heterocycles. The number of hydrogen-bond acceptors (Lipinski definition) is 5. The van der Waals surface area contributed by atoms with E-state index in [1.54, 1.807) is 36.3 Å². The summed E-state index contributed by atoms with van der Waals surface area (Å²) in [6, 6.07) is 7.67. The molecule has 3 fully saturated rings. The Bertz CT molecular complexity index is 770. The molecule has 1 aromatic rings. The average molecular weight is 394 g/mol. The number of aliphatic imine (C=N–C) groups is 1. The smallest absolute Gasteiger partial charge is 0.267 e. The van der Waals surface area contributed by atoms with Crippen LogP contribution < -0.4 is 10.1 Å². The Morgan fingerprint density at radius 2 is 1.96 bits per heavy atom. The van der Waals surface area contributed by atoms with E-state index >= 15 is 0 Å². The van der Waals surface area contributed by atoms with Crippen molar-refractivity contribution in [1.29, 1.82) is 0 Å². The molecule has 0 unspecified atom stereocenters. The van der Waals surface area contributed by atoms with E-state index in [9.17, 15) is 9.59 Å². The zero-order valence-corrected chi connectivity index (χ0v) is 15.9. The minimum Gasteiger partial charge on any atom is -0.497 e. The van der Waals surface area contributed by atoms with E-state index in [2.05, 4.69) is 10.3 Å². The largest absolute Gasteiger partial charge is 0.497 e. The van der Waals surface area contributed by atoms with Gasteiger partial charge in [-0.05, 0) is 61.7 Å². The van der Waals surface area contributed by atoms with Gasteiger partial charge >= 0.3 is 0 Å². The minimum absolute atomic E-state index is 0. The maximum Gasteiger partial charge on any atom is 0.267 e. The molecule has 0 atom stereocenters. The van der Waals surface area contributed by atoms with Crippen molar-refractivity contribution in [3.05, 3.63) is 35.2 Å². The molecule has 2 amide bonds. The zero-order valence-electron chi connectivity index (χ0n) is 14.3. The fourth-order valence-corrected chi connectivity index (χ4v) is 3.64. The Balaban J connectivity index is 0.00000196. The number of amides is 2. The SMILES string of the molecule is COc1ccc(NC(=O)/C=C2/SC(=NC3CC3)N(C3CC3)C2=O)cc1.Cl. The molecule has 2 aliphatic carbocycles. The highest BCUT2D eigenvalue weighted by atomic mass is 35.5. The maximum atomic E-state index is 12.6. The summed E-state index contributed by atoms with van der Waals surface area (Å²) in [6.07, 6.45) is 5.59. The molecule has 4 rings (SSSR count). The lowest BCUT2D eigenvalue weighted by molar-refractivity contribution is -0.123. The van der Waals surface area contributed by atoms with Gasteiger partial charge in [-0.1, -0.05) is 0 Å². The lowest BCUT2D eigenvalue weighted by Gasteiger charge is -2.13. The van der Waals surface area contributed by atoms with Crippen LogP contribution in [-0.4, -0.2) is 41.1 Å². The van der Waals surface area contributed by atoms with Gasteiger partial charge in [0.2, 0.25) is 5.91 Å². The number of amidine groups is 1. The Morgan fingerprint density at radius 3 is 2.54 bits per heavy atom. The average Bonchev–Trinajstić information content (AvgIpc) is 3.51. The standard InChI is InChI=1S/C18H19N3O3S.ClH/c1-24-14-8-4-11(5-9-14)19-16(22)10-15-17(23)21(13-6-7-13)18(25-15)20-12-2-3-12;/h4-5,8-10,12-13H,2-3,6-7H2,1H3,(H,19,22);1H/b15-10+,20-18?;. The van der Waals surface area contributed by atoms with E-state index in [1.807, 2.05) is 0 Å². The Morgan fingerprint density at radius 1 is 1.27 bits per heavy atom. The van der Waals surface area contributed by atoms with Gasteiger partial charge in [-0.3, -0.25) is 19.5 Å². The van der Waals surface area contributed by atoms with Crippen molar-refractivity contribution in [3.8, 4) is 5.75 Å². The van der Waals surface area contributed by atoms with Crippen molar-refractivity contribution in [2.45, 2.75) is 37.8 Å². The van der Waals surface area contributed by atoms with Crippen LogP contribution in [0.1, 0.15) is 25.7 Å². The lowest BCUT2D eigenvalue weighted by atomic mass is 10.3. The molecule has 3 aliphatic rings. The number of nitrogens with zero attached hydrogens (tertiary/aromatic N) is 2. The van der Waals surface area contributed by atoms with Crippen molar-refractivity contribution in [2.24, 2.45) is 4.99 Å². The molecule has 0 bridgehead atoms. The van der Waals surface area contributed by atoms with Gasteiger partial charge < -0.3 is 10.1 Å². The van der Waals surface area contributed by atoms with Crippen molar-refractivity contribution >= 4 is 46.8 Å². The van der Waals surface area contributed by atoms with Gasteiger partial charge in [-0.25, -0.2) is 0 Å². The highest BCUT2D eigenvalue weighted by Gasteiger charge is 2.43. The summed E-state index contributed by atoms with van der Waals surface area (Å²) in [6.45, 7) is 0. The number of carbonyl (C=O) groups excluding carboxylic acids is 2. The normalized spacial score (nSPS) is 22.5. The lowest BCUT2D eigenvalue weighted by Crippen LogP contribution is -2.31. The van der Waals surface area contributed by atoms with E-state index in [1.165, 1.54) is 17.8 Å². The third kappa shape index (κ3) is 4.22. The summed E-state index contributed by atoms with van der Waals surface area (Å²) in [5.74, 6) is 0.306. The zero-order chi connectivity index (χ0) is 17.4. The Hall–Kier alpha value is -1.99. The number of carbonyl (C=O) groups is 2. The second kappa shape index (κ2) is 7.72. The fraction of sp³-hybridized carbons (Fsp3) is 0.389. The summed E-state index contributed by atoms with van der Waals surface area (Å²) in [5, 5.41) is 3.54. The first kappa shape index (κ1) is 18.8. The quantitative estimate of drug-likeness (QED) is 0.780. The molecule has 138 valence electrons. The molecule has 1 aromatic carbocycles. The molecular formula is C18H20ClN3O3S. The minimum atomic E-state index is -0.315. The molecule has 2 saturated carbocycles. The summed E-state index contributed by atoms with van der Waals surface area (Å²) in [4.78, 5) is 31.7. The number of halogens is 1. The molecule has 1 N–H and O–H groups in total. The summed E-state index contributed by atoms with van der Waals surface area (Å²) < 4.78 is 5.09. The monoisotopic (exact) mass is 393 g/mol. The van der Waals surface area contributed by atoms with E-state index in [0.717, 1.165) is 36.6 Å². The first-order valence-corrected chi connectivity index (χ1v) is 9.21. The predicted octanol–water partition coefficient (Wildman–Crippen LogP) is 3.20. The molecule has 1 heterocycles. The maximum absolute atomic E-state index is 12.6. The van der Waals surface area contributed by atoms with Crippen LogP contribution in [0.2, 0.25) is 0 Å². The molecule has 6 nitrogen and oxygen atoms in total. The van der Waals surface area contributed by atoms with Crippen molar-refractivity contribution < 1.29 is 14.3 Å².